The van der Waals surface area contributed by atoms with Crippen molar-refractivity contribution in [2.75, 3.05) is 13.2 Å². The predicted octanol–water partition coefficient (Wildman–Crippen LogP) is 18.8. The summed E-state index contributed by atoms with van der Waals surface area (Å²) in [5.74, 6) is -0.980. The molecule has 0 aliphatic heterocycles. The van der Waals surface area contributed by atoms with Gasteiger partial charge in [0.15, 0.2) is 6.10 Å². The zero-order chi connectivity index (χ0) is 47.9. The first-order valence-corrected chi connectivity index (χ1v) is 28.3. The number of ether oxygens (including phenoxy) is 3. The number of carbonyl (C=O) groups excluding carboxylic acids is 3. The first kappa shape index (κ1) is 63.1. The minimum absolute atomic E-state index is 0.0969. The van der Waals surface area contributed by atoms with Gasteiger partial charge in [-0.2, -0.15) is 0 Å². The highest BCUT2D eigenvalue weighted by Gasteiger charge is 2.19. The number of hydrogen-bond acceptors (Lipinski definition) is 6. The van der Waals surface area contributed by atoms with Gasteiger partial charge in [-0.05, 0) is 70.6 Å². The van der Waals surface area contributed by atoms with Crippen molar-refractivity contribution < 1.29 is 28.6 Å². The minimum Gasteiger partial charge on any atom is -0.462 e. The second-order valence-electron chi connectivity index (χ2n) is 18.8. The molecular weight excluding hydrogens is 817 g/mol. The van der Waals surface area contributed by atoms with E-state index in [1.165, 1.54) is 161 Å². The van der Waals surface area contributed by atoms with Crippen LogP contribution in [-0.2, 0) is 28.6 Å². The van der Waals surface area contributed by atoms with Crippen LogP contribution in [0.3, 0.4) is 0 Å². The molecule has 0 bridgehead atoms. The van der Waals surface area contributed by atoms with E-state index in [1.807, 2.05) is 6.08 Å². The second kappa shape index (κ2) is 54.7. The molecule has 0 aliphatic carbocycles. The van der Waals surface area contributed by atoms with Gasteiger partial charge < -0.3 is 14.2 Å². The molecule has 0 amide bonds. The molecule has 0 N–H and O–H groups in total. The molecule has 6 nitrogen and oxygen atoms in total. The summed E-state index contributed by atoms with van der Waals surface area (Å²) >= 11 is 0. The first-order valence-electron chi connectivity index (χ1n) is 28.3. The van der Waals surface area contributed by atoms with Crippen LogP contribution in [0.1, 0.15) is 284 Å². The average Bonchev–Trinajstić information content (AvgIpc) is 3.31. The van der Waals surface area contributed by atoms with E-state index in [4.69, 9.17) is 14.2 Å². The standard InChI is InChI=1S/C60H106O6/c1-4-7-10-13-16-19-22-25-27-29-30-31-33-35-38-41-44-47-50-53-59(62)65-56-57(55-64-58(61)52-49-46-43-40-37-34-24-21-18-15-12-9-6-3)66-60(63)54-51-48-45-42-39-36-32-28-26-23-20-17-14-11-8-5-2/h9,12,18,21,28,32,34,37,43,46,57H,4-8,10-11,13-17,19-20,22-27,29-31,33,35-36,38-42,44-45,47-56H2,1-3H3/b12-9-,21-18-,32-28-,37-34-,46-43-. The summed E-state index contributed by atoms with van der Waals surface area (Å²) in [7, 11) is 0. The molecule has 1 atom stereocenters. The third-order valence-electron chi connectivity index (χ3n) is 12.3. The molecule has 0 aromatic heterocycles. The SMILES string of the molecule is CC/C=C\C/C=C\C/C=C\C/C=C\CCC(=O)OCC(COC(=O)CCCCCCCCCCCCCCCCCCCCC)OC(=O)CCCCCCC/C=C\CCCCCCCCC. The van der Waals surface area contributed by atoms with Crippen molar-refractivity contribution in [1.29, 1.82) is 0 Å². The van der Waals surface area contributed by atoms with E-state index < -0.39 is 6.10 Å². The van der Waals surface area contributed by atoms with E-state index in [0.29, 0.717) is 19.3 Å². The van der Waals surface area contributed by atoms with Crippen LogP contribution >= 0.6 is 0 Å². The van der Waals surface area contributed by atoms with E-state index in [9.17, 15) is 14.4 Å². The molecule has 0 aliphatic rings. The lowest BCUT2D eigenvalue weighted by Gasteiger charge is -2.18. The number of allylic oxidation sites excluding steroid dienone is 10. The van der Waals surface area contributed by atoms with E-state index in [1.54, 1.807) is 0 Å². The fraction of sp³-hybridized carbons (Fsp3) is 0.783. The van der Waals surface area contributed by atoms with Crippen LogP contribution in [0.25, 0.3) is 0 Å². The van der Waals surface area contributed by atoms with Gasteiger partial charge in [-0.1, -0.05) is 255 Å². The molecule has 0 spiro atoms. The van der Waals surface area contributed by atoms with Gasteiger partial charge in [0, 0.05) is 19.3 Å². The molecular formula is C60H106O6. The maximum atomic E-state index is 12.8. The zero-order valence-corrected chi connectivity index (χ0v) is 43.7. The fourth-order valence-electron chi connectivity index (χ4n) is 8.04. The topological polar surface area (TPSA) is 78.9 Å². The van der Waals surface area contributed by atoms with Gasteiger partial charge in [-0.15, -0.1) is 0 Å². The number of carbonyl (C=O) groups is 3. The van der Waals surface area contributed by atoms with Crippen LogP contribution < -0.4 is 0 Å². The summed E-state index contributed by atoms with van der Waals surface area (Å²) in [6.45, 7) is 6.48. The molecule has 6 heteroatoms. The van der Waals surface area contributed by atoms with Crippen LogP contribution in [0, 0.1) is 0 Å². The van der Waals surface area contributed by atoms with Gasteiger partial charge in [-0.25, -0.2) is 0 Å². The van der Waals surface area contributed by atoms with Crippen LogP contribution in [0.2, 0.25) is 0 Å². The molecule has 382 valence electrons. The number of rotatable bonds is 51. The highest BCUT2D eigenvalue weighted by Crippen LogP contribution is 2.16. The maximum absolute atomic E-state index is 12.8. The Morgan fingerprint density at radius 2 is 0.621 bits per heavy atom. The van der Waals surface area contributed by atoms with E-state index >= 15 is 0 Å². The average molecular weight is 924 g/mol. The quantitative estimate of drug-likeness (QED) is 0.0262. The van der Waals surface area contributed by atoms with Crippen molar-refractivity contribution in [1.82, 2.24) is 0 Å². The Kier molecular flexibility index (Phi) is 52.3. The second-order valence-corrected chi connectivity index (χ2v) is 18.8. The van der Waals surface area contributed by atoms with E-state index in [0.717, 1.165) is 77.0 Å². The van der Waals surface area contributed by atoms with Crippen LogP contribution in [-0.4, -0.2) is 37.2 Å². The van der Waals surface area contributed by atoms with Crippen molar-refractivity contribution in [3.05, 3.63) is 60.8 Å². The number of unbranched alkanes of at least 4 members (excludes halogenated alkanes) is 30. The fourth-order valence-corrected chi connectivity index (χ4v) is 8.04. The van der Waals surface area contributed by atoms with Crippen molar-refractivity contribution in [3.63, 3.8) is 0 Å². The molecule has 0 aromatic carbocycles. The van der Waals surface area contributed by atoms with Crippen LogP contribution in [0.4, 0.5) is 0 Å². The molecule has 0 radical (unpaired) electrons. The van der Waals surface area contributed by atoms with Gasteiger partial charge in [0.05, 0.1) is 0 Å². The molecule has 0 aromatic rings. The first-order chi connectivity index (χ1) is 32.5. The molecule has 0 saturated heterocycles. The van der Waals surface area contributed by atoms with E-state index in [-0.39, 0.29) is 37.5 Å². The van der Waals surface area contributed by atoms with Crippen molar-refractivity contribution in [2.24, 2.45) is 0 Å². The van der Waals surface area contributed by atoms with Gasteiger partial charge in [-0.3, -0.25) is 14.4 Å². The Bertz CT molecular complexity index is 1200. The maximum Gasteiger partial charge on any atom is 0.306 e. The smallest absolute Gasteiger partial charge is 0.306 e. The van der Waals surface area contributed by atoms with E-state index in [2.05, 4.69) is 75.5 Å². The van der Waals surface area contributed by atoms with Crippen molar-refractivity contribution in [2.45, 2.75) is 290 Å². The summed E-state index contributed by atoms with van der Waals surface area (Å²) in [4.78, 5) is 38.0. The third-order valence-corrected chi connectivity index (χ3v) is 12.3. The zero-order valence-electron chi connectivity index (χ0n) is 43.7. The highest BCUT2D eigenvalue weighted by atomic mass is 16.6. The van der Waals surface area contributed by atoms with Crippen LogP contribution in [0.5, 0.6) is 0 Å². The van der Waals surface area contributed by atoms with Gasteiger partial charge >= 0.3 is 17.9 Å². The Balaban J connectivity index is 4.39. The normalized spacial score (nSPS) is 12.5. The summed E-state index contributed by atoms with van der Waals surface area (Å²) in [6.07, 6.45) is 68.0. The summed E-state index contributed by atoms with van der Waals surface area (Å²) in [6, 6.07) is 0. The number of hydrogen-bond donors (Lipinski definition) is 0. The van der Waals surface area contributed by atoms with Gasteiger partial charge in [0.2, 0.25) is 0 Å². The lowest BCUT2D eigenvalue weighted by Crippen LogP contribution is -2.30. The lowest BCUT2D eigenvalue weighted by molar-refractivity contribution is -0.166. The molecule has 0 fully saturated rings. The largest absolute Gasteiger partial charge is 0.462 e. The van der Waals surface area contributed by atoms with Crippen molar-refractivity contribution >= 4 is 17.9 Å². The Labute approximate surface area is 409 Å². The Morgan fingerprint density at radius 1 is 0.318 bits per heavy atom. The summed E-state index contributed by atoms with van der Waals surface area (Å²) < 4.78 is 16.8. The predicted molar refractivity (Wildman–Crippen MR) is 284 cm³/mol. The summed E-state index contributed by atoms with van der Waals surface area (Å²) in [5, 5.41) is 0. The highest BCUT2D eigenvalue weighted by molar-refractivity contribution is 5.71. The molecule has 0 rings (SSSR count). The van der Waals surface area contributed by atoms with Gasteiger partial charge in [0.25, 0.3) is 0 Å². The molecule has 66 heavy (non-hydrogen) atoms. The summed E-state index contributed by atoms with van der Waals surface area (Å²) in [5.41, 5.74) is 0. The molecule has 0 heterocycles. The molecule has 1 unspecified atom stereocenters. The Hall–Kier alpha value is -2.89. The Morgan fingerprint density at radius 3 is 1.02 bits per heavy atom. The van der Waals surface area contributed by atoms with Crippen molar-refractivity contribution in [3.8, 4) is 0 Å². The lowest BCUT2D eigenvalue weighted by atomic mass is 10.0. The van der Waals surface area contributed by atoms with Crippen LogP contribution in [0.15, 0.2) is 60.8 Å². The minimum atomic E-state index is -0.805. The number of esters is 3. The monoisotopic (exact) mass is 923 g/mol. The van der Waals surface area contributed by atoms with Gasteiger partial charge in [0.1, 0.15) is 13.2 Å². The molecule has 0 saturated carbocycles. The third kappa shape index (κ3) is 52.1.